The van der Waals surface area contributed by atoms with Crippen LogP contribution in [-0.4, -0.2) is 25.8 Å². The van der Waals surface area contributed by atoms with Crippen molar-refractivity contribution in [2.24, 2.45) is 0 Å². The van der Waals surface area contributed by atoms with Crippen molar-refractivity contribution in [2.45, 2.75) is 39.3 Å². The van der Waals surface area contributed by atoms with Crippen LogP contribution < -0.4 is 5.32 Å². The summed E-state index contributed by atoms with van der Waals surface area (Å²) in [5.41, 5.74) is 1.21. The summed E-state index contributed by atoms with van der Waals surface area (Å²) in [6.07, 6.45) is 3.20. The third kappa shape index (κ3) is 2.74. The predicted molar refractivity (Wildman–Crippen MR) is 77.0 cm³/mol. The van der Waals surface area contributed by atoms with E-state index in [4.69, 9.17) is 0 Å². The Bertz CT molecular complexity index is 678. The van der Waals surface area contributed by atoms with Crippen LogP contribution in [0.5, 0.6) is 5.75 Å². The highest BCUT2D eigenvalue weighted by atomic mass is 16.3. The SMILES string of the molecule is Cc1ccc(O)c(C(=O)NCc2nnc3n2CCCC3)c1. The average molecular weight is 286 g/mol. The lowest BCUT2D eigenvalue weighted by Crippen LogP contribution is -2.25. The van der Waals surface area contributed by atoms with Crippen LogP contribution in [0.2, 0.25) is 0 Å². The van der Waals surface area contributed by atoms with Gasteiger partial charge >= 0.3 is 0 Å². The minimum Gasteiger partial charge on any atom is -0.507 e. The van der Waals surface area contributed by atoms with E-state index in [9.17, 15) is 9.90 Å². The molecule has 0 atom stereocenters. The summed E-state index contributed by atoms with van der Waals surface area (Å²) in [4.78, 5) is 12.2. The second kappa shape index (κ2) is 5.55. The van der Waals surface area contributed by atoms with E-state index in [0.717, 1.165) is 43.0 Å². The molecule has 0 fully saturated rings. The van der Waals surface area contributed by atoms with E-state index in [1.807, 2.05) is 6.92 Å². The molecule has 1 aliphatic heterocycles. The van der Waals surface area contributed by atoms with E-state index in [0.29, 0.717) is 6.54 Å². The Kier molecular flexibility index (Phi) is 3.60. The highest BCUT2D eigenvalue weighted by molar-refractivity contribution is 5.96. The molecule has 6 heteroatoms. The molecule has 1 aliphatic rings. The number of aromatic hydroxyl groups is 1. The summed E-state index contributed by atoms with van der Waals surface area (Å²) >= 11 is 0. The fourth-order valence-electron chi connectivity index (χ4n) is 2.59. The Morgan fingerprint density at radius 1 is 1.38 bits per heavy atom. The topological polar surface area (TPSA) is 80.0 Å². The Morgan fingerprint density at radius 3 is 3.10 bits per heavy atom. The summed E-state index contributed by atoms with van der Waals surface area (Å²) in [5, 5.41) is 20.8. The Balaban J connectivity index is 1.71. The van der Waals surface area contributed by atoms with Gasteiger partial charge in [0.2, 0.25) is 0 Å². The molecule has 1 amide bonds. The molecule has 21 heavy (non-hydrogen) atoms. The maximum absolute atomic E-state index is 12.2. The standard InChI is InChI=1S/C15H18N4O2/c1-10-5-6-12(20)11(8-10)15(21)16-9-14-18-17-13-4-2-3-7-19(13)14/h5-6,8,20H,2-4,7,9H2,1H3,(H,16,21). The zero-order valence-electron chi connectivity index (χ0n) is 12.0. The number of phenols is 1. The second-order valence-corrected chi connectivity index (χ2v) is 5.34. The zero-order valence-corrected chi connectivity index (χ0v) is 12.0. The average Bonchev–Trinajstić information content (AvgIpc) is 2.90. The molecule has 6 nitrogen and oxygen atoms in total. The number of hydrogen-bond donors (Lipinski definition) is 2. The molecule has 0 bridgehead atoms. The third-order valence-corrected chi connectivity index (χ3v) is 3.74. The van der Waals surface area contributed by atoms with Crippen LogP contribution in [0, 0.1) is 6.92 Å². The fraction of sp³-hybridized carbons (Fsp3) is 0.400. The van der Waals surface area contributed by atoms with Crippen molar-refractivity contribution in [3.63, 3.8) is 0 Å². The van der Waals surface area contributed by atoms with Crippen molar-refractivity contribution in [1.29, 1.82) is 0 Å². The Morgan fingerprint density at radius 2 is 2.24 bits per heavy atom. The first-order chi connectivity index (χ1) is 10.1. The van der Waals surface area contributed by atoms with E-state index in [1.165, 1.54) is 6.07 Å². The molecule has 2 N–H and O–H groups in total. The van der Waals surface area contributed by atoms with E-state index in [-0.39, 0.29) is 17.2 Å². The van der Waals surface area contributed by atoms with E-state index in [1.54, 1.807) is 12.1 Å². The smallest absolute Gasteiger partial charge is 0.255 e. The molecular formula is C15H18N4O2. The van der Waals surface area contributed by atoms with E-state index >= 15 is 0 Å². The maximum Gasteiger partial charge on any atom is 0.255 e. The van der Waals surface area contributed by atoms with Gasteiger partial charge in [-0.15, -0.1) is 10.2 Å². The van der Waals surface area contributed by atoms with Gasteiger partial charge in [-0.05, 0) is 31.9 Å². The molecule has 2 aromatic rings. The summed E-state index contributed by atoms with van der Waals surface area (Å²) in [6, 6.07) is 4.97. The molecule has 0 radical (unpaired) electrons. The molecule has 1 aromatic carbocycles. The molecule has 0 spiro atoms. The maximum atomic E-state index is 12.2. The number of carbonyl (C=O) groups is 1. The van der Waals surface area contributed by atoms with E-state index in [2.05, 4.69) is 20.1 Å². The number of fused-ring (bicyclic) bond motifs is 1. The van der Waals surface area contributed by atoms with Gasteiger partial charge in [0.1, 0.15) is 11.6 Å². The molecule has 3 rings (SSSR count). The van der Waals surface area contributed by atoms with Crippen LogP contribution in [0.1, 0.15) is 40.4 Å². The van der Waals surface area contributed by atoms with Gasteiger partial charge in [-0.1, -0.05) is 11.6 Å². The first-order valence-electron chi connectivity index (χ1n) is 7.14. The summed E-state index contributed by atoms with van der Waals surface area (Å²) in [6.45, 7) is 3.10. The van der Waals surface area contributed by atoms with Crippen molar-refractivity contribution in [3.8, 4) is 5.75 Å². The van der Waals surface area contributed by atoms with Crippen LogP contribution in [0.3, 0.4) is 0 Å². The van der Waals surface area contributed by atoms with Gasteiger partial charge in [-0.3, -0.25) is 4.79 Å². The van der Waals surface area contributed by atoms with Crippen molar-refractivity contribution >= 4 is 5.91 Å². The number of rotatable bonds is 3. The number of carbonyl (C=O) groups excluding carboxylic acids is 1. The van der Waals surface area contributed by atoms with Crippen LogP contribution in [-0.2, 0) is 19.5 Å². The van der Waals surface area contributed by atoms with Crippen LogP contribution >= 0.6 is 0 Å². The number of phenolic OH excluding ortho intramolecular Hbond substituents is 1. The number of nitrogens with zero attached hydrogens (tertiary/aromatic N) is 3. The van der Waals surface area contributed by atoms with E-state index < -0.39 is 0 Å². The van der Waals surface area contributed by atoms with Gasteiger partial charge in [-0.25, -0.2) is 0 Å². The lowest BCUT2D eigenvalue weighted by Gasteiger charge is -2.15. The minimum absolute atomic E-state index is 0.0126. The van der Waals surface area contributed by atoms with Gasteiger partial charge in [0.15, 0.2) is 5.82 Å². The fourth-order valence-corrected chi connectivity index (χ4v) is 2.59. The van der Waals surface area contributed by atoms with Gasteiger partial charge in [-0.2, -0.15) is 0 Å². The number of aromatic nitrogens is 3. The summed E-state index contributed by atoms with van der Waals surface area (Å²) in [5.74, 6) is 1.44. The monoisotopic (exact) mass is 286 g/mol. The van der Waals surface area contributed by atoms with Crippen molar-refractivity contribution in [1.82, 2.24) is 20.1 Å². The number of benzene rings is 1. The number of aryl methyl sites for hydroxylation is 2. The molecule has 0 saturated heterocycles. The minimum atomic E-state index is -0.302. The highest BCUT2D eigenvalue weighted by Crippen LogP contribution is 2.18. The normalized spacial score (nSPS) is 13.8. The van der Waals surface area contributed by atoms with Gasteiger partial charge in [0.05, 0.1) is 12.1 Å². The first-order valence-corrected chi connectivity index (χ1v) is 7.14. The number of nitrogens with one attached hydrogen (secondary N) is 1. The lowest BCUT2D eigenvalue weighted by atomic mass is 10.1. The second-order valence-electron chi connectivity index (χ2n) is 5.34. The number of amides is 1. The Labute approximate surface area is 122 Å². The molecule has 2 heterocycles. The molecule has 0 saturated carbocycles. The van der Waals surface area contributed by atoms with Crippen LogP contribution in [0.4, 0.5) is 0 Å². The largest absolute Gasteiger partial charge is 0.507 e. The zero-order chi connectivity index (χ0) is 14.8. The van der Waals surface area contributed by atoms with Gasteiger partial charge in [0, 0.05) is 13.0 Å². The molecule has 0 aliphatic carbocycles. The Hall–Kier alpha value is -2.37. The first kappa shape index (κ1) is 13.6. The quantitative estimate of drug-likeness (QED) is 0.897. The van der Waals surface area contributed by atoms with Gasteiger partial charge in [0.25, 0.3) is 5.91 Å². The van der Waals surface area contributed by atoms with Crippen molar-refractivity contribution in [3.05, 3.63) is 41.0 Å². The lowest BCUT2D eigenvalue weighted by molar-refractivity contribution is 0.0946. The van der Waals surface area contributed by atoms with Crippen LogP contribution in [0.25, 0.3) is 0 Å². The molecule has 1 aromatic heterocycles. The third-order valence-electron chi connectivity index (χ3n) is 3.74. The summed E-state index contributed by atoms with van der Waals surface area (Å²) < 4.78 is 2.07. The summed E-state index contributed by atoms with van der Waals surface area (Å²) in [7, 11) is 0. The van der Waals surface area contributed by atoms with Crippen molar-refractivity contribution < 1.29 is 9.90 Å². The molecule has 110 valence electrons. The molecule has 0 unspecified atom stereocenters. The molecular weight excluding hydrogens is 268 g/mol. The predicted octanol–water partition coefficient (Wildman–Crippen LogP) is 1.56. The van der Waals surface area contributed by atoms with Gasteiger partial charge < -0.3 is 15.0 Å². The number of hydrogen-bond acceptors (Lipinski definition) is 4. The van der Waals surface area contributed by atoms with Crippen LogP contribution in [0.15, 0.2) is 18.2 Å². The van der Waals surface area contributed by atoms with Crippen molar-refractivity contribution in [2.75, 3.05) is 0 Å². The highest BCUT2D eigenvalue weighted by Gasteiger charge is 2.17.